The summed E-state index contributed by atoms with van der Waals surface area (Å²) in [5, 5.41) is 0. The zero-order valence-corrected chi connectivity index (χ0v) is 15.2. The molecule has 0 spiro atoms. The number of hydrogen-bond acceptors (Lipinski definition) is 4. The van der Waals surface area contributed by atoms with Crippen molar-refractivity contribution in [3.8, 4) is 0 Å². The second-order valence-corrected chi connectivity index (χ2v) is 7.59. The Bertz CT molecular complexity index is 557. The fraction of sp³-hybridized carbons (Fsp3) is 0.562. The predicted molar refractivity (Wildman–Crippen MR) is 93.2 cm³/mol. The van der Waals surface area contributed by atoms with Crippen LogP contribution < -0.4 is 10.6 Å². The Labute approximate surface area is 140 Å². The number of piperazine rings is 1. The molecule has 0 aromatic heterocycles. The van der Waals surface area contributed by atoms with Crippen LogP contribution in [0.1, 0.15) is 27.7 Å². The van der Waals surface area contributed by atoms with Crippen molar-refractivity contribution in [1.82, 2.24) is 4.90 Å². The van der Waals surface area contributed by atoms with Crippen molar-refractivity contribution in [3.05, 3.63) is 22.7 Å². The zero-order chi connectivity index (χ0) is 16.5. The van der Waals surface area contributed by atoms with Crippen LogP contribution in [0.25, 0.3) is 0 Å². The van der Waals surface area contributed by atoms with Crippen LogP contribution in [0.5, 0.6) is 0 Å². The maximum atomic E-state index is 12.2. The molecular formula is C16H24BrN3O2. The zero-order valence-electron chi connectivity index (χ0n) is 13.6. The summed E-state index contributed by atoms with van der Waals surface area (Å²) in [7, 11) is 0. The van der Waals surface area contributed by atoms with E-state index in [9.17, 15) is 4.79 Å². The Morgan fingerprint density at radius 3 is 2.64 bits per heavy atom. The Balaban J connectivity index is 2.07. The lowest BCUT2D eigenvalue weighted by molar-refractivity contribution is 0.0219. The van der Waals surface area contributed by atoms with E-state index in [1.54, 1.807) is 4.90 Å². The number of hydrogen-bond donors (Lipinski definition) is 1. The fourth-order valence-electron chi connectivity index (χ4n) is 2.57. The largest absolute Gasteiger partial charge is 0.444 e. The Kier molecular flexibility index (Phi) is 4.90. The van der Waals surface area contributed by atoms with E-state index < -0.39 is 5.60 Å². The van der Waals surface area contributed by atoms with Gasteiger partial charge in [0.25, 0.3) is 0 Å². The fourth-order valence-corrected chi connectivity index (χ4v) is 2.92. The average Bonchev–Trinajstić information content (AvgIpc) is 2.40. The van der Waals surface area contributed by atoms with E-state index in [2.05, 4.69) is 27.8 Å². The van der Waals surface area contributed by atoms with E-state index >= 15 is 0 Å². The first-order chi connectivity index (χ1) is 10.2. The number of nitrogens with two attached hydrogens (primary N) is 1. The number of anilines is 2. The van der Waals surface area contributed by atoms with E-state index in [1.807, 2.05) is 39.0 Å². The molecule has 1 aliphatic heterocycles. The van der Waals surface area contributed by atoms with Gasteiger partial charge in [-0.2, -0.15) is 0 Å². The molecule has 5 nitrogen and oxygen atoms in total. The highest BCUT2D eigenvalue weighted by molar-refractivity contribution is 9.10. The van der Waals surface area contributed by atoms with E-state index in [4.69, 9.17) is 10.5 Å². The topological polar surface area (TPSA) is 58.8 Å². The summed E-state index contributed by atoms with van der Waals surface area (Å²) in [4.78, 5) is 16.2. The molecule has 0 aliphatic carbocycles. The van der Waals surface area contributed by atoms with Crippen LogP contribution in [0.2, 0.25) is 0 Å². The number of carbonyl (C=O) groups is 1. The SMILES string of the molecule is CC1CN(C(=O)OC(C)(C)C)CCN1c1cc(Br)ccc1N. The molecule has 122 valence electrons. The Morgan fingerprint density at radius 1 is 1.36 bits per heavy atom. The highest BCUT2D eigenvalue weighted by atomic mass is 79.9. The normalized spacial score (nSPS) is 19.2. The number of rotatable bonds is 1. The number of nitrogens with zero attached hydrogens (tertiary/aromatic N) is 2. The third-order valence-corrected chi connectivity index (χ3v) is 4.07. The molecule has 1 aliphatic rings. The van der Waals surface area contributed by atoms with Crippen molar-refractivity contribution in [3.63, 3.8) is 0 Å². The molecule has 1 unspecified atom stereocenters. The van der Waals surface area contributed by atoms with Crippen molar-refractivity contribution < 1.29 is 9.53 Å². The van der Waals surface area contributed by atoms with Gasteiger partial charge in [-0.3, -0.25) is 0 Å². The van der Waals surface area contributed by atoms with Gasteiger partial charge in [0.1, 0.15) is 5.60 Å². The van der Waals surface area contributed by atoms with Crippen molar-refractivity contribution in [1.29, 1.82) is 0 Å². The van der Waals surface area contributed by atoms with Gasteiger partial charge in [0.05, 0.1) is 11.4 Å². The summed E-state index contributed by atoms with van der Waals surface area (Å²) in [5.74, 6) is 0. The lowest BCUT2D eigenvalue weighted by Crippen LogP contribution is -2.54. The predicted octanol–water partition coefficient (Wildman–Crippen LogP) is 3.48. The number of nitrogen functional groups attached to an aromatic ring is 1. The van der Waals surface area contributed by atoms with Crippen LogP contribution in [-0.4, -0.2) is 42.3 Å². The molecule has 1 saturated heterocycles. The van der Waals surface area contributed by atoms with E-state index in [-0.39, 0.29) is 12.1 Å². The first-order valence-electron chi connectivity index (χ1n) is 7.47. The van der Waals surface area contributed by atoms with Crippen LogP contribution in [0.3, 0.4) is 0 Å². The van der Waals surface area contributed by atoms with Gasteiger partial charge >= 0.3 is 6.09 Å². The maximum Gasteiger partial charge on any atom is 0.410 e. The number of halogens is 1. The molecule has 1 heterocycles. The molecule has 2 rings (SSSR count). The second kappa shape index (κ2) is 6.36. The van der Waals surface area contributed by atoms with Crippen molar-refractivity contribution in [2.45, 2.75) is 39.3 Å². The molecule has 1 fully saturated rings. The van der Waals surface area contributed by atoms with Crippen LogP contribution in [0.4, 0.5) is 16.2 Å². The lowest BCUT2D eigenvalue weighted by Gasteiger charge is -2.41. The summed E-state index contributed by atoms with van der Waals surface area (Å²) in [6, 6.07) is 6.03. The molecule has 0 bridgehead atoms. The van der Waals surface area contributed by atoms with Crippen molar-refractivity contribution in [2.75, 3.05) is 30.3 Å². The van der Waals surface area contributed by atoms with Gasteiger partial charge in [-0.15, -0.1) is 0 Å². The first-order valence-corrected chi connectivity index (χ1v) is 8.26. The summed E-state index contributed by atoms with van der Waals surface area (Å²) >= 11 is 3.48. The smallest absolute Gasteiger partial charge is 0.410 e. The van der Waals surface area contributed by atoms with E-state index in [0.717, 1.165) is 22.4 Å². The van der Waals surface area contributed by atoms with Gasteiger partial charge in [0.2, 0.25) is 0 Å². The molecule has 0 radical (unpaired) electrons. The molecule has 1 atom stereocenters. The first kappa shape index (κ1) is 16.9. The van der Waals surface area contributed by atoms with Gasteiger partial charge in [0, 0.05) is 30.1 Å². The Hall–Kier alpha value is -1.43. The third kappa shape index (κ3) is 4.06. The summed E-state index contributed by atoms with van der Waals surface area (Å²) in [6.45, 7) is 9.73. The minimum absolute atomic E-state index is 0.179. The molecule has 2 N–H and O–H groups in total. The van der Waals surface area contributed by atoms with Crippen molar-refractivity contribution >= 4 is 33.4 Å². The maximum absolute atomic E-state index is 12.2. The number of amides is 1. The van der Waals surface area contributed by atoms with Gasteiger partial charge in [-0.25, -0.2) is 4.79 Å². The molecule has 6 heteroatoms. The number of ether oxygens (including phenoxy) is 1. The molecular weight excluding hydrogens is 346 g/mol. The molecule has 0 saturated carbocycles. The van der Waals surface area contributed by atoms with Crippen LogP contribution in [-0.2, 0) is 4.74 Å². The van der Waals surface area contributed by atoms with Crippen LogP contribution in [0.15, 0.2) is 22.7 Å². The molecule has 1 aromatic carbocycles. The summed E-state index contributed by atoms with van der Waals surface area (Å²) in [6.07, 6.45) is -0.249. The van der Waals surface area contributed by atoms with Gasteiger partial charge in [-0.05, 0) is 45.9 Å². The van der Waals surface area contributed by atoms with Crippen LogP contribution >= 0.6 is 15.9 Å². The van der Waals surface area contributed by atoms with E-state index in [1.165, 1.54) is 0 Å². The summed E-state index contributed by atoms with van der Waals surface area (Å²) < 4.78 is 6.44. The quantitative estimate of drug-likeness (QED) is 0.769. The molecule has 1 amide bonds. The third-order valence-electron chi connectivity index (χ3n) is 3.58. The molecule has 1 aromatic rings. The monoisotopic (exact) mass is 369 g/mol. The van der Waals surface area contributed by atoms with Crippen LogP contribution in [0, 0.1) is 0 Å². The highest BCUT2D eigenvalue weighted by Gasteiger charge is 2.30. The lowest BCUT2D eigenvalue weighted by atomic mass is 10.1. The minimum atomic E-state index is -0.466. The Morgan fingerprint density at radius 2 is 2.05 bits per heavy atom. The number of carbonyl (C=O) groups excluding carboxylic acids is 1. The van der Waals surface area contributed by atoms with Gasteiger partial charge in [0.15, 0.2) is 0 Å². The van der Waals surface area contributed by atoms with Gasteiger partial charge in [-0.1, -0.05) is 15.9 Å². The summed E-state index contributed by atoms with van der Waals surface area (Å²) in [5.41, 5.74) is 7.38. The van der Waals surface area contributed by atoms with Gasteiger partial charge < -0.3 is 20.3 Å². The number of benzene rings is 1. The van der Waals surface area contributed by atoms with Crippen molar-refractivity contribution in [2.24, 2.45) is 0 Å². The van der Waals surface area contributed by atoms with E-state index in [0.29, 0.717) is 13.1 Å². The minimum Gasteiger partial charge on any atom is -0.444 e. The standard InChI is InChI=1S/C16H24BrN3O2/c1-11-10-19(15(21)22-16(2,3)4)7-8-20(11)14-9-12(17)5-6-13(14)18/h5-6,9,11H,7-8,10,18H2,1-4H3. The average molecular weight is 370 g/mol. The molecule has 22 heavy (non-hydrogen) atoms. The second-order valence-electron chi connectivity index (χ2n) is 6.67. The highest BCUT2D eigenvalue weighted by Crippen LogP contribution is 2.30.